The number of benzene rings is 1. The van der Waals surface area contributed by atoms with Crippen LogP contribution in [0.2, 0.25) is 0 Å². The number of hydrogen-bond acceptors (Lipinski definition) is 6. The number of rotatable bonds is 8. The minimum Gasteiger partial charge on any atom is -0.357 e. The molecule has 0 spiro atoms. The van der Waals surface area contributed by atoms with Gasteiger partial charge in [0.25, 0.3) is 0 Å². The van der Waals surface area contributed by atoms with Crippen LogP contribution in [-0.2, 0) is 17.8 Å². The third-order valence-corrected chi connectivity index (χ3v) is 6.13. The first-order valence-corrected chi connectivity index (χ1v) is 11.7. The molecule has 0 bridgehead atoms. The molecule has 33 heavy (non-hydrogen) atoms. The second kappa shape index (κ2) is 11.0. The van der Waals surface area contributed by atoms with Crippen molar-refractivity contribution in [2.75, 3.05) is 38.5 Å². The average Bonchev–Trinajstić information content (AvgIpc) is 3.00. The summed E-state index contributed by atoms with van der Waals surface area (Å²) in [6.07, 6.45) is 9.03. The summed E-state index contributed by atoms with van der Waals surface area (Å²) in [5.41, 5.74) is 4.55. The first-order valence-electron chi connectivity index (χ1n) is 11.7. The summed E-state index contributed by atoms with van der Waals surface area (Å²) in [6.45, 7) is 5.99. The highest BCUT2D eigenvalue weighted by atomic mass is 16.2. The van der Waals surface area contributed by atoms with Crippen LogP contribution in [0.4, 0.5) is 5.95 Å². The summed E-state index contributed by atoms with van der Waals surface area (Å²) >= 11 is 0. The van der Waals surface area contributed by atoms with Gasteiger partial charge in [0.05, 0.1) is 5.92 Å². The molecule has 0 saturated carbocycles. The number of aromatic nitrogens is 3. The highest BCUT2D eigenvalue weighted by Crippen LogP contribution is 2.27. The predicted octanol–water partition coefficient (Wildman–Crippen LogP) is 3.49. The summed E-state index contributed by atoms with van der Waals surface area (Å²) in [7, 11) is 1.81. The van der Waals surface area contributed by atoms with Crippen molar-refractivity contribution < 1.29 is 4.79 Å². The largest absolute Gasteiger partial charge is 0.357 e. The SMILES string of the molecule is CCCN1CCN(Cc2cnc(NC)nc2)C[C@@H](Cc2ccccc2-c2ccncc2)C1=O. The number of nitrogens with zero attached hydrogens (tertiary/aromatic N) is 5. The second-order valence-corrected chi connectivity index (χ2v) is 8.52. The zero-order valence-electron chi connectivity index (χ0n) is 19.4. The molecule has 0 aliphatic carbocycles. The molecule has 1 fully saturated rings. The van der Waals surface area contributed by atoms with E-state index in [9.17, 15) is 4.79 Å². The number of nitrogens with one attached hydrogen (secondary N) is 1. The molecule has 1 N–H and O–H groups in total. The van der Waals surface area contributed by atoms with Crippen LogP contribution in [0.15, 0.2) is 61.2 Å². The average molecular weight is 445 g/mol. The number of pyridine rings is 1. The fourth-order valence-corrected chi connectivity index (χ4v) is 4.50. The lowest BCUT2D eigenvalue weighted by Gasteiger charge is -2.24. The van der Waals surface area contributed by atoms with Crippen molar-refractivity contribution in [2.24, 2.45) is 5.92 Å². The molecular formula is C26H32N6O. The van der Waals surface area contributed by atoms with E-state index in [-0.39, 0.29) is 11.8 Å². The Kier molecular flexibility index (Phi) is 7.62. The van der Waals surface area contributed by atoms with Gasteiger partial charge in [0, 0.05) is 70.1 Å². The summed E-state index contributed by atoms with van der Waals surface area (Å²) in [4.78, 5) is 30.8. The zero-order chi connectivity index (χ0) is 23.0. The minimum absolute atomic E-state index is 0.0977. The fraction of sp³-hybridized carbons (Fsp3) is 0.385. The van der Waals surface area contributed by atoms with Gasteiger partial charge in [-0.05, 0) is 41.7 Å². The number of carbonyl (C=O) groups excluding carboxylic acids is 1. The van der Waals surface area contributed by atoms with E-state index < -0.39 is 0 Å². The normalized spacial score (nSPS) is 17.1. The monoisotopic (exact) mass is 444 g/mol. The van der Waals surface area contributed by atoms with Gasteiger partial charge in [0.2, 0.25) is 11.9 Å². The maximum atomic E-state index is 13.5. The first-order chi connectivity index (χ1) is 16.2. The van der Waals surface area contributed by atoms with Gasteiger partial charge < -0.3 is 10.2 Å². The lowest BCUT2D eigenvalue weighted by molar-refractivity contribution is -0.134. The van der Waals surface area contributed by atoms with E-state index in [0.717, 1.165) is 50.3 Å². The molecule has 1 amide bonds. The molecule has 1 aliphatic rings. The summed E-state index contributed by atoms with van der Waals surface area (Å²) in [5.74, 6) is 0.773. The Balaban J connectivity index is 1.57. The standard InChI is InChI=1S/C26H32N6O/c1-3-12-32-14-13-31(18-20-16-29-26(27-2)30-17-20)19-23(25(32)33)15-22-6-4-5-7-24(22)21-8-10-28-11-9-21/h4-11,16-17,23H,3,12-15,18-19H2,1-2H3,(H,27,29,30)/t23-/m1/s1. The van der Waals surface area contributed by atoms with E-state index in [1.54, 1.807) is 0 Å². The van der Waals surface area contributed by atoms with E-state index in [1.165, 1.54) is 11.1 Å². The van der Waals surface area contributed by atoms with Crippen LogP contribution in [0.3, 0.4) is 0 Å². The van der Waals surface area contributed by atoms with Gasteiger partial charge in [0.1, 0.15) is 0 Å². The Morgan fingerprint density at radius 2 is 1.82 bits per heavy atom. The second-order valence-electron chi connectivity index (χ2n) is 8.52. The van der Waals surface area contributed by atoms with E-state index in [0.29, 0.717) is 12.4 Å². The van der Waals surface area contributed by atoms with E-state index in [2.05, 4.69) is 56.4 Å². The van der Waals surface area contributed by atoms with Gasteiger partial charge in [-0.2, -0.15) is 0 Å². The van der Waals surface area contributed by atoms with Crippen LogP contribution in [-0.4, -0.2) is 63.9 Å². The lowest BCUT2D eigenvalue weighted by atomic mass is 9.91. The van der Waals surface area contributed by atoms with Crippen molar-refractivity contribution in [3.05, 3.63) is 72.3 Å². The van der Waals surface area contributed by atoms with Crippen LogP contribution in [0.1, 0.15) is 24.5 Å². The highest BCUT2D eigenvalue weighted by Gasteiger charge is 2.30. The van der Waals surface area contributed by atoms with Gasteiger partial charge in [-0.15, -0.1) is 0 Å². The molecule has 3 aromatic rings. The molecule has 0 unspecified atom stereocenters. The topological polar surface area (TPSA) is 74.2 Å². The van der Waals surface area contributed by atoms with E-state index >= 15 is 0 Å². The number of anilines is 1. The van der Waals surface area contributed by atoms with Crippen LogP contribution in [0, 0.1) is 5.92 Å². The van der Waals surface area contributed by atoms with Crippen molar-refractivity contribution >= 4 is 11.9 Å². The predicted molar refractivity (Wildman–Crippen MR) is 131 cm³/mol. The smallest absolute Gasteiger partial charge is 0.227 e. The fourth-order valence-electron chi connectivity index (χ4n) is 4.50. The third kappa shape index (κ3) is 5.73. The van der Waals surface area contributed by atoms with Crippen molar-refractivity contribution in [2.45, 2.75) is 26.3 Å². The molecule has 4 rings (SSSR count). The molecule has 1 saturated heterocycles. The van der Waals surface area contributed by atoms with Gasteiger partial charge in [-0.1, -0.05) is 31.2 Å². The molecule has 172 valence electrons. The zero-order valence-corrected chi connectivity index (χ0v) is 19.4. The molecule has 7 heteroatoms. The Morgan fingerprint density at radius 3 is 2.55 bits per heavy atom. The molecule has 7 nitrogen and oxygen atoms in total. The quantitative estimate of drug-likeness (QED) is 0.573. The molecular weight excluding hydrogens is 412 g/mol. The molecule has 1 atom stereocenters. The minimum atomic E-state index is -0.0977. The van der Waals surface area contributed by atoms with Crippen molar-refractivity contribution in [3.63, 3.8) is 0 Å². The summed E-state index contributed by atoms with van der Waals surface area (Å²) in [5, 5.41) is 2.96. The lowest BCUT2D eigenvalue weighted by Crippen LogP contribution is -2.37. The maximum Gasteiger partial charge on any atom is 0.227 e. The van der Waals surface area contributed by atoms with Crippen LogP contribution in [0.5, 0.6) is 0 Å². The van der Waals surface area contributed by atoms with Crippen molar-refractivity contribution in [3.8, 4) is 11.1 Å². The van der Waals surface area contributed by atoms with Gasteiger partial charge >= 0.3 is 0 Å². The van der Waals surface area contributed by atoms with Crippen LogP contribution >= 0.6 is 0 Å². The van der Waals surface area contributed by atoms with E-state index in [4.69, 9.17) is 0 Å². The van der Waals surface area contributed by atoms with Crippen molar-refractivity contribution in [1.82, 2.24) is 24.8 Å². The molecule has 1 aromatic carbocycles. The molecule has 3 heterocycles. The number of carbonyl (C=O) groups is 1. The Labute approximate surface area is 195 Å². The number of amides is 1. The van der Waals surface area contributed by atoms with Crippen LogP contribution in [0.25, 0.3) is 11.1 Å². The Hall–Kier alpha value is -3.32. The Morgan fingerprint density at radius 1 is 1.06 bits per heavy atom. The van der Waals surface area contributed by atoms with Gasteiger partial charge in [-0.25, -0.2) is 9.97 Å². The summed E-state index contributed by atoms with van der Waals surface area (Å²) in [6, 6.07) is 12.4. The molecule has 0 radical (unpaired) electrons. The molecule has 1 aliphatic heterocycles. The Bertz CT molecular complexity index is 1040. The molecule has 2 aromatic heterocycles. The first kappa shape index (κ1) is 22.9. The third-order valence-electron chi connectivity index (χ3n) is 6.13. The van der Waals surface area contributed by atoms with Crippen LogP contribution < -0.4 is 5.32 Å². The number of hydrogen-bond donors (Lipinski definition) is 1. The van der Waals surface area contributed by atoms with E-state index in [1.807, 2.05) is 48.9 Å². The highest BCUT2D eigenvalue weighted by molar-refractivity contribution is 5.80. The van der Waals surface area contributed by atoms with Gasteiger partial charge in [0.15, 0.2) is 0 Å². The van der Waals surface area contributed by atoms with Crippen molar-refractivity contribution in [1.29, 1.82) is 0 Å². The van der Waals surface area contributed by atoms with Gasteiger partial charge in [-0.3, -0.25) is 14.7 Å². The maximum absolute atomic E-state index is 13.5. The summed E-state index contributed by atoms with van der Waals surface area (Å²) < 4.78 is 0.